The van der Waals surface area contributed by atoms with Crippen LogP contribution in [-0.4, -0.2) is 9.79 Å². The highest BCUT2D eigenvalue weighted by atomic mass is 31.2. The van der Waals surface area contributed by atoms with Crippen LogP contribution in [-0.2, 0) is 4.57 Å². The van der Waals surface area contributed by atoms with Gasteiger partial charge in [0.15, 0.2) is 0 Å². The highest BCUT2D eigenvalue weighted by Crippen LogP contribution is 2.46. The van der Waals surface area contributed by atoms with Crippen LogP contribution < -0.4 is 0 Å². The fourth-order valence-corrected chi connectivity index (χ4v) is 1.27. The normalized spacial score (nSPS) is 13.3. The lowest BCUT2D eigenvalue weighted by Gasteiger charge is -2.04. The fraction of sp³-hybridized carbons (Fsp3) is 0.333. The maximum absolute atomic E-state index is 10.5. The lowest BCUT2D eigenvalue weighted by molar-refractivity contribution is 0.381. The van der Waals surface area contributed by atoms with Gasteiger partial charge in [-0.25, -0.2) is 0 Å². The Hall–Kier alpha value is -0.370. The Morgan fingerprint density at radius 2 is 2.20 bits per heavy atom. The number of hydrogen-bond acceptors (Lipinski definition) is 1. The largest absolute Gasteiger partial charge is 0.352 e. The average molecular weight is 162 g/mol. The van der Waals surface area contributed by atoms with Crippen LogP contribution in [0.5, 0.6) is 0 Å². The zero-order valence-electron chi connectivity index (χ0n) is 5.82. The van der Waals surface area contributed by atoms with E-state index in [4.69, 9.17) is 9.79 Å². The van der Waals surface area contributed by atoms with Gasteiger partial charge in [-0.05, 0) is 6.42 Å². The second kappa shape index (κ2) is 3.71. The molecule has 0 aromatic rings. The van der Waals surface area contributed by atoms with Crippen LogP contribution in [0.15, 0.2) is 24.0 Å². The fourth-order valence-electron chi connectivity index (χ4n) is 0.557. The van der Waals surface area contributed by atoms with E-state index in [0.29, 0.717) is 6.42 Å². The SMILES string of the molecule is C=CC=C(CC)P(=O)(O)O. The Bertz CT molecular complexity index is 189. The highest BCUT2D eigenvalue weighted by Gasteiger charge is 2.17. The van der Waals surface area contributed by atoms with Gasteiger partial charge in [0.05, 0.1) is 0 Å². The van der Waals surface area contributed by atoms with Crippen molar-refractivity contribution in [2.45, 2.75) is 13.3 Å². The number of allylic oxidation sites excluding steroid dienone is 3. The number of hydrogen-bond donors (Lipinski definition) is 2. The molecule has 0 radical (unpaired) electrons. The van der Waals surface area contributed by atoms with Crippen LogP contribution in [0.1, 0.15) is 13.3 Å². The smallest absolute Gasteiger partial charge is 0.321 e. The van der Waals surface area contributed by atoms with Crippen molar-refractivity contribution in [2.24, 2.45) is 0 Å². The molecule has 0 heterocycles. The second-order valence-electron chi connectivity index (χ2n) is 1.79. The lowest BCUT2D eigenvalue weighted by atomic mass is 10.4. The van der Waals surface area contributed by atoms with Crippen molar-refractivity contribution in [3.8, 4) is 0 Å². The molecular formula is C6H11O3P. The molecule has 10 heavy (non-hydrogen) atoms. The first-order valence-corrected chi connectivity index (χ1v) is 4.51. The molecule has 0 fully saturated rings. The third-order valence-corrected chi connectivity index (χ3v) is 2.26. The summed E-state index contributed by atoms with van der Waals surface area (Å²) >= 11 is 0. The molecule has 0 aliphatic heterocycles. The van der Waals surface area contributed by atoms with Gasteiger partial charge in [0.1, 0.15) is 0 Å². The van der Waals surface area contributed by atoms with Crippen molar-refractivity contribution < 1.29 is 14.4 Å². The molecule has 58 valence electrons. The van der Waals surface area contributed by atoms with E-state index in [1.54, 1.807) is 6.92 Å². The summed E-state index contributed by atoms with van der Waals surface area (Å²) in [6.07, 6.45) is 3.08. The molecule has 0 amide bonds. The van der Waals surface area contributed by atoms with E-state index in [2.05, 4.69) is 6.58 Å². The Balaban J connectivity index is 4.53. The first-order valence-electron chi connectivity index (χ1n) is 2.90. The van der Waals surface area contributed by atoms with Crippen molar-refractivity contribution in [3.05, 3.63) is 24.0 Å². The van der Waals surface area contributed by atoms with Crippen molar-refractivity contribution in [2.75, 3.05) is 0 Å². The molecule has 0 bridgehead atoms. The van der Waals surface area contributed by atoms with Crippen LogP contribution in [0.4, 0.5) is 0 Å². The van der Waals surface area contributed by atoms with Gasteiger partial charge in [0.2, 0.25) is 0 Å². The first kappa shape index (κ1) is 9.63. The van der Waals surface area contributed by atoms with Gasteiger partial charge in [-0.3, -0.25) is 4.57 Å². The molecule has 0 aliphatic carbocycles. The van der Waals surface area contributed by atoms with Crippen LogP contribution in [0.3, 0.4) is 0 Å². The minimum atomic E-state index is -4.00. The number of rotatable bonds is 3. The molecule has 0 aromatic carbocycles. The van der Waals surface area contributed by atoms with Gasteiger partial charge in [0, 0.05) is 5.31 Å². The summed E-state index contributed by atoms with van der Waals surface area (Å²) in [5, 5.41) is 0.127. The van der Waals surface area contributed by atoms with E-state index in [1.165, 1.54) is 12.2 Å². The first-order chi connectivity index (χ1) is 4.52. The third kappa shape index (κ3) is 2.97. The van der Waals surface area contributed by atoms with E-state index in [0.717, 1.165) is 0 Å². The average Bonchev–Trinajstić information content (AvgIpc) is 1.80. The second-order valence-corrected chi connectivity index (χ2v) is 3.45. The quantitative estimate of drug-likeness (QED) is 0.490. The van der Waals surface area contributed by atoms with Crippen molar-refractivity contribution in [1.29, 1.82) is 0 Å². The molecule has 0 spiro atoms. The molecule has 0 atom stereocenters. The highest BCUT2D eigenvalue weighted by molar-refractivity contribution is 7.56. The van der Waals surface area contributed by atoms with Gasteiger partial charge < -0.3 is 9.79 Å². The van der Waals surface area contributed by atoms with Crippen LogP contribution in [0, 0.1) is 0 Å². The van der Waals surface area contributed by atoms with E-state index in [-0.39, 0.29) is 5.31 Å². The molecule has 2 N–H and O–H groups in total. The molecule has 3 nitrogen and oxygen atoms in total. The Morgan fingerprint density at radius 3 is 2.30 bits per heavy atom. The van der Waals surface area contributed by atoms with Crippen molar-refractivity contribution in [1.82, 2.24) is 0 Å². The van der Waals surface area contributed by atoms with Crippen LogP contribution >= 0.6 is 7.60 Å². The molecule has 0 unspecified atom stereocenters. The van der Waals surface area contributed by atoms with Crippen molar-refractivity contribution >= 4 is 7.60 Å². The Kier molecular flexibility index (Phi) is 3.58. The van der Waals surface area contributed by atoms with Gasteiger partial charge in [0.25, 0.3) is 0 Å². The minimum absolute atomic E-state index is 0.127. The molecular weight excluding hydrogens is 151 g/mol. The molecule has 4 heteroatoms. The van der Waals surface area contributed by atoms with Gasteiger partial charge >= 0.3 is 7.60 Å². The maximum atomic E-state index is 10.5. The summed E-state index contributed by atoms with van der Waals surface area (Å²) in [5.74, 6) is 0. The van der Waals surface area contributed by atoms with E-state index in [1.807, 2.05) is 0 Å². The summed E-state index contributed by atoms with van der Waals surface area (Å²) in [7, 11) is -4.00. The molecule has 0 saturated heterocycles. The molecule has 0 rings (SSSR count). The lowest BCUT2D eigenvalue weighted by Crippen LogP contribution is -1.82. The van der Waals surface area contributed by atoms with Gasteiger partial charge in [-0.15, -0.1) is 0 Å². The molecule has 0 aliphatic rings. The monoisotopic (exact) mass is 162 g/mol. The molecule has 0 aromatic heterocycles. The van der Waals surface area contributed by atoms with Crippen LogP contribution in [0.25, 0.3) is 0 Å². The summed E-state index contributed by atoms with van der Waals surface area (Å²) in [5.41, 5.74) is 0. The summed E-state index contributed by atoms with van der Waals surface area (Å²) in [6, 6.07) is 0. The zero-order valence-corrected chi connectivity index (χ0v) is 6.71. The van der Waals surface area contributed by atoms with E-state index in [9.17, 15) is 4.57 Å². The minimum Gasteiger partial charge on any atom is -0.321 e. The van der Waals surface area contributed by atoms with E-state index >= 15 is 0 Å². The predicted molar refractivity (Wildman–Crippen MR) is 40.6 cm³/mol. The Morgan fingerprint density at radius 1 is 1.70 bits per heavy atom. The summed E-state index contributed by atoms with van der Waals surface area (Å²) in [6.45, 7) is 5.03. The van der Waals surface area contributed by atoms with Crippen molar-refractivity contribution in [3.63, 3.8) is 0 Å². The zero-order chi connectivity index (χ0) is 8.20. The topological polar surface area (TPSA) is 57.5 Å². The third-order valence-electron chi connectivity index (χ3n) is 1.05. The van der Waals surface area contributed by atoms with Gasteiger partial charge in [-0.2, -0.15) is 0 Å². The van der Waals surface area contributed by atoms with E-state index < -0.39 is 7.60 Å². The Labute approximate surface area is 60.2 Å². The maximum Gasteiger partial charge on any atom is 0.352 e. The predicted octanol–water partition coefficient (Wildman–Crippen LogP) is 1.64. The van der Waals surface area contributed by atoms with Gasteiger partial charge in [-0.1, -0.05) is 25.7 Å². The van der Waals surface area contributed by atoms with Crippen LogP contribution in [0.2, 0.25) is 0 Å². The molecule has 0 saturated carbocycles. The standard InChI is InChI=1S/C6H11O3P/c1-3-5-6(4-2)10(7,8)9/h3,5H,1,4H2,2H3,(H2,7,8,9). The summed E-state index contributed by atoms with van der Waals surface area (Å²) in [4.78, 5) is 17.2. The summed E-state index contributed by atoms with van der Waals surface area (Å²) < 4.78 is 10.5.